The van der Waals surface area contributed by atoms with Gasteiger partial charge in [-0.1, -0.05) is 0 Å². The van der Waals surface area contributed by atoms with E-state index < -0.39 is 0 Å². The topological polar surface area (TPSA) is 77.4 Å². The summed E-state index contributed by atoms with van der Waals surface area (Å²) in [5, 5.41) is 7.71. The largest absolute Gasteiger partial charge is 0.481 e. The van der Waals surface area contributed by atoms with Gasteiger partial charge in [0.05, 0.1) is 19.2 Å². The molecule has 0 radical (unpaired) electrons. The highest BCUT2D eigenvalue weighted by molar-refractivity contribution is 5.94. The van der Waals surface area contributed by atoms with E-state index in [9.17, 15) is 4.79 Å². The molecule has 7 heteroatoms. The average molecular weight is 314 g/mol. The van der Waals surface area contributed by atoms with Gasteiger partial charge in [0.25, 0.3) is 5.91 Å². The lowest BCUT2D eigenvalue weighted by atomic mass is 10.1. The third-order valence-electron chi connectivity index (χ3n) is 3.69. The van der Waals surface area contributed by atoms with Crippen molar-refractivity contribution in [2.45, 2.75) is 18.9 Å². The van der Waals surface area contributed by atoms with Crippen LogP contribution in [0.2, 0.25) is 0 Å². The first-order chi connectivity index (χ1) is 11.3. The molecule has 1 saturated heterocycles. The van der Waals surface area contributed by atoms with E-state index in [0.29, 0.717) is 30.4 Å². The number of aromatic nitrogens is 3. The number of carbonyl (C=O) groups excluding carboxylic acids is 1. The van der Waals surface area contributed by atoms with Crippen molar-refractivity contribution < 1.29 is 14.3 Å². The molecule has 0 aromatic carbocycles. The summed E-state index contributed by atoms with van der Waals surface area (Å²) in [6, 6.07) is 6.95. The molecule has 0 saturated carbocycles. The van der Waals surface area contributed by atoms with Crippen LogP contribution in [0, 0.1) is 0 Å². The van der Waals surface area contributed by atoms with E-state index in [0.717, 1.165) is 12.8 Å². The Bertz CT molecular complexity index is 648. The van der Waals surface area contributed by atoms with E-state index in [-0.39, 0.29) is 12.0 Å². The second kappa shape index (κ2) is 7.04. The Hall–Kier alpha value is -2.70. The van der Waals surface area contributed by atoms with E-state index in [4.69, 9.17) is 9.47 Å². The number of rotatable bonds is 4. The summed E-state index contributed by atoms with van der Waals surface area (Å²) < 4.78 is 10.8. The first-order valence-corrected chi connectivity index (χ1v) is 7.50. The molecule has 7 nitrogen and oxygen atoms in total. The van der Waals surface area contributed by atoms with Gasteiger partial charge in [-0.3, -0.25) is 4.79 Å². The summed E-state index contributed by atoms with van der Waals surface area (Å²) in [5.74, 6) is 0.926. The number of carbonyl (C=O) groups is 1. The Labute approximate surface area is 134 Å². The lowest BCUT2D eigenvalue weighted by molar-refractivity contribution is 0.0525. The standard InChI is InChI=1S/C16H18N4O3/c1-22-14-7-6-12(10-17-14)16(21)20-9-3-4-13(11-20)23-15-5-2-8-18-19-15/h2,5-8,10,13H,3-4,9,11H2,1H3. The quantitative estimate of drug-likeness (QED) is 0.852. The predicted octanol–water partition coefficient (Wildman–Crippen LogP) is 1.56. The lowest BCUT2D eigenvalue weighted by Gasteiger charge is -2.32. The van der Waals surface area contributed by atoms with E-state index in [1.807, 2.05) is 0 Å². The van der Waals surface area contributed by atoms with Crippen molar-refractivity contribution >= 4 is 5.91 Å². The van der Waals surface area contributed by atoms with Crippen LogP contribution in [0.3, 0.4) is 0 Å². The van der Waals surface area contributed by atoms with Crippen LogP contribution in [0.25, 0.3) is 0 Å². The van der Waals surface area contributed by atoms with Crippen LogP contribution in [-0.4, -0.2) is 52.3 Å². The summed E-state index contributed by atoms with van der Waals surface area (Å²) >= 11 is 0. The number of nitrogens with zero attached hydrogens (tertiary/aromatic N) is 4. The van der Waals surface area contributed by atoms with Crippen LogP contribution >= 0.6 is 0 Å². The molecule has 2 aromatic heterocycles. The molecular weight excluding hydrogens is 296 g/mol. The minimum Gasteiger partial charge on any atom is -0.481 e. The van der Waals surface area contributed by atoms with Gasteiger partial charge in [0.15, 0.2) is 0 Å². The molecule has 1 aliphatic heterocycles. The zero-order valence-electron chi connectivity index (χ0n) is 12.9. The van der Waals surface area contributed by atoms with Gasteiger partial charge in [-0.15, -0.1) is 5.10 Å². The molecule has 23 heavy (non-hydrogen) atoms. The van der Waals surface area contributed by atoms with Crippen molar-refractivity contribution in [2.24, 2.45) is 0 Å². The molecule has 1 unspecified atom stereocenters. The van der Waals surface area contributed by atoms with Gasteiger partial charge < -0.3 is 14.4 Å². The van der Waals surface area contributed by atoms with Crippen molar-refractivity contribution in [1.29, 1.82) is 0 Å². The summed E-state index contributed by atoms with van der Waals surface area (Å²) in [5.41, 5.74) is 0.547. The van der Waals surface area contributed by atoms with E-state index in [1.54, 1.807) is 42.5 Å². The number of amides is 1. The fourth-order valence-electron chi connectivity index (χ4n) is 2.55. The minimum absolute atomic E-state index is 0.0485. The van der Waals surface area contributed by atoms with Crippen molar-refractivity contribution in [3.05, 3.63) is 42.2 Å². The molecule has 1 amide bonds. The Morgan fingerprint density at radius 1 is 1.30 bits per heavy atom. The number of methoxy groups -OCH3 is 1. The van der Waals surface area contributed by atoms with Crippen molar-refractivity contribution in [3.63, 3.8) is 0 Å². The van der Waals surface area contributed by atoms with Gasteiger partial charge in [-0.25, -0.2) is 4.98 Å². The summed E-state index contributed by atoms with van der Waals surface area (Å²) in [6.07, 6.45) is 4.84. The van der Waals surface area contributed by atoms with Gasteiger partial charge >= 0.3 is 0 Å². The second-order valence-electron chi connectivity index (χ2n) is 5.28. The molecular formula is C16H18N4O3. The van der Waals surface area contributed by atoms with Crippen LogP contribution < -0.4 is 9.47 Å². The number of likely N-dealkylation sites (tertiary alicyclic amines) is 1. The number of ether oxygens (including phenoxy) is 2. The lowest BCUT2D eigenvalue weighted by Crippen LogP contribution is -2.44. The van der Waals surface area contributed by atoms with Gasteiger partial charge in [-0.2, -0.15) is 5.10 Å². The van der Waals surface area contributed by atoms with Crippen molar-refractivity contribution in [2.75, 3.05) is 20.2 Å². The van der Waals surface area contributed by atoms with E-state index in [2.05, 4.69) is 15.2 Å². The molecule has 3 rings (SSSR count). The fourth-order valence-corrected chi connectivity index (χ4v) is 2.55. The van der Waals surface area contributed by atoms with Gasteiger partial charge in [0.2, 0.25) is 11.8 Å². The highest BCUT2D eigenvalue weighted by Crippen LogP contribution is 2.18. The maximum absolute atomic E-state index is 12.6. The van der Waals surface area contributed by atoms with Gasteiger partial charge in [0, 0.05) is 31.1 Å². The summed E-state index contributed by atoms with van der Waals surface area (Å²) in [6.45, 7) is 1.24. The highest BCUT2D eigenvalue weighted by atomic mass is 16.5. The highest BCUT2D eigenvalue weighted by Gasteiger charge is 2.26. The molecule has 0 N–H and O–H groups in total. The predicted molar refractivity (Wildman–Crippen MR) is 82.4 cm³/mol. The Kier molecular flexibility index (Phi) is 4.65. The molecule has 3 heterocycles. The first kappa shape index (κ1) is 15.2. The van der Waals surface area contributed by atoms with Gasteiger partial charge in [-0.05, 0) is 25.0 Å². The van der Waals surface area contributed by atoms with Crippen LogP contribution in [0.1, 0.15) is 23.2 Å². The molecule has 0 spiro atoms. The molecule has 1 fully saturated rings. The van der Waals surface area contributed by atoms with Crippen LogP contribution in [0.4, 0.5) is 0 Å². The van der Waals surface area contributed by atoms with Crippen LogP contribution in [-0.2, 0) is 0 Å². The van der Waals surface area contributed by atoms with Crippen LogP contribution in [0.15, 0.2) is 36.7 Å². The molecule has 0 bridgehead atoms. The summed E-state index contributed by atoms with van der Waals surface area (Å²) in [4.78, 5) is 18.4. The van der Waals surface area contributed by atoms with E-state index >= 15 is 0 Å². The monoisotopic (exact) mass is 314 g/mol. The average Bonchev–Trinajstić information content (AvgIpc) is 2.62. The number of hydrogen-bond donors (Lipinski definition) is 0. The molecule has 2 aromatic rings. The SMILES string of the molecule is COc1ccc(C(=O)N2CCCC(Oc3cccnn3)C2)cn1. The maximum atomic E-state index is 12.6. The zero-order valence-corrected chi connectivity index (χ0v) is 12.9. The van der Waals surface area contributed by atoms with Gasteiger partial charge in [0.1, 0.15) is 6.10 Å². The zero-order chi connectivity index (χ0) is 16.1. The number of hydrogen-bond acceptors (Lipinski definition) is 6. The number of piperidine rings is 1. The number of pyridine rings is 1. The smallest absolute Gasteiger partial charge is 0.255 e. The third-order valence-corrected chi connectivity index (χ3v) is 3.69. The Balaban J connectivity index is 1.64. The Morgan fingerprint density at radius 2 is 2.22 bits per heavy atom. The fraction of sp³-hybridized carbons (Fsp3) is 0.375. The minimum atomic E-state index is -0.0735. The first-order valence-electron chi connectivity index (χ1n) is 7.50. The van der Waals surface area contributed by atoms with Crippen molar-refractivity contribution in [1.82, 2.24) is 20.1 Å². The maximum Gasteiger partial charge on any atom is 0.255 e. The van der Waals surface area contributed by atoms with Crippen LogP contribution in [0.5, 0.6) is 11.8 Å². The molecule has 1 atom stereocenters. The normalized spacial score (nSPS) is 17.6. The molecule has 120 valence electrons. The van der Waals surface area contributed by atoms with E-state index in [1.165, 1.54) is 6.20 Å². The Morgan fingerprint density at radius 3 is 2.91 bits per heavy atom. The van der Waals surface area contributed by atoms with Crippen molar-refractivity contribution in [3.8, 4) is 11.8 Å². The molecule has 1 aliphatic rings. The molecule has 0 aliphatic carbocycles. The summed E-state index contributed by atoms with van der Waals surface area (Å²) in [7, 11) is 1.54. The third kappa shape index (κ3) is 3.74. The second-order valence-corrected chi connectivity index (χ2v) is 5.28.